The van der Waals surface area contributed by atoms with Crippen LogP contribution in [0.1, 0.15) is 39.8 Å². The molecule has 0 saturated carbocycles. The molecule has 0 saturated heterocycles. The van der Waals surface area contributed by atoms with Crippen LogP contribution in [0.15, 0.2) is 12.3 Å². The molecule has 0 spiro atoms. The first-order valence-electron chi connectivity index (χ1n) is 5.83. The Kier molecular flexibility index (Phi) is 4.82. The van der Waals surface area contributed by atoms with Gasteiger partial charge in [0.25, 0.3) is 0 Å². The molecule has 1 aromatic heterocycles. The summed E-state index contributed by atoms with van der Waals surface area (Å²) in [5, 5.41) is 7.87. The lowest BCUT2D eigenvalue weighted by Crippen LogP contribution is -2.22. The molecule has 15 heavy (non-hydrogen) atoms. The first-order valence-corrected chi connectivity index (χ1v) is 5.83. The van der Waals surface area contributed by atoms with Crippen molar-refractivity contribution in [2.24, 2.45) is 5.92 Å². The van der Waals surface area contributed by atoms with Crippen molar-refractivity contribution in [2.45, 2.75) is 53.2 Å². The van der Waals surface area contributed by atoms with Gasteiger partial charge in [-0.05, 0) is 18.4 Å². The van der Waals surface area contributed by atoms with Gasteiger partial charge in [-0.1, -0.05) is 27.7 Å². The number of nitrogens with one attached hydrogen (secondary N) is 1. The van der Waals surface area contributed by atoms with Gasteiger partial charge in [-0.15, -0.1) is 0 Å². The largest absolute Gasteiger partial charge is 0.309 e. The Morgan fingerprint density at radius 2 is 2.07 bits per heavy atom. The molecule has 1 aromatic rings. The van der Waals surface area contributed by atoms with Crippen molar-refractivity contribution in [1.29, 1.82) is 0 Å². The fourth-order valence-electron chi connectivity index (χ4n) is 1.32. The molecule has 0 aromatic carbocycles. The van der Waals surface area contributed by atoms with Crippen LogP contribution in [0.5, 0.6) is 0 Å². The first-order chi connectivity index (χ1) is 7.08. The summed E-state index contributed by atoms with van der Waals surface area (Å²) in [6.45, 7) is 10.7. The molecule has 86 valence electrons. The van der Waals surface area contributed by atoms with E-state index in [2.05, 4.69) is 50.4 Å². The summed E-state index contributed by atoms with van der Waals surface area (Å²) in [6.07, 6.45) is 3.26. The van der Waals surface area contributed by atoms with Crippen LogP contribution < -0.4 is 5.32 Å². The third-order valence-electron chi connectivity index (χ3n) is 2.32. The maximum Gasteiger partial charge on any atom is 0.0762 e. The average molecular weight is 209 g/mol. The van der Waals surface area contributed by atoms with Gasteiger partial charge in [0.2, 0.25) is 0 Å². The van der Waals surface area contributed by atoms with E-state index < -0.39 is 0 Å². The smallest absolute Gasteiger partial charge is 0.0762 e. The molecule has 0 bridgehead atoms. The van der Waals surface area contributed by atoms with Crippen molar-refractivity contribution in [1.82, 2.24) is 15.1 Å². The van der Waals surface area contributed by atoms with E-state index in [1.54, 1.807) is 0 Å². The van der Waals surface area contributed by atoms with Gasteiger partial charge in [0, 0.05) is 25.3 Å². The number of aryl methyl sites for hydroxylation is 1. The monoisotopic (exact) mass is 209 g/mol. The van der Waals surface area contributed by atoms with Gasteiger partial charge in [0.1, 0.15) is 0 Å². The van der Waals surface area contributed by atoms with Gasteiger partial charge in [0.15, 0.2) is 0 Å². The number of nitrogens with zero attached hydrogens (tertiary/aromatic N) is 2. The minimum absolute atomic E-state index is 0.519. The number of aromatic nitrogens is 2. The fraction of sp³-hybridized carbons (Fsp3) is 0.750. The molecular weight excluding hydrogens is 186 g/mol. The molecule has 0 aliphatic rings. The van der Waals surface area contributed by atoms with E-state index in [1.807, 2.05) is 4.68 Å². The van der Waals surface area contributed by atoms with E-state index in [0.29, 0.717) is 6.04 Å². The van der Waals surface area contributed by atoms with Crippen molar-refractivity contribution in [2.75, 3.05) is 0 Å². The Labute approximate surface area is 92.9 Å². The molecule has 0 radical (unpaired) electrons. The molecule has 1 heterocycles. The van der Waals surface area contributed by atoms with Gasteiger partial charge in [0.05, 0.1) is 5.69 Å². The molecule has 0 aliphatic heterocycles. The van der Waals surface area contributed by atoms with Gasteiger partial charge in [-0.3, -0.25) is 4.68 Å². The Morgan fingerprint density at radius 1 is 1.33 bits per heavy atom. The van der Waals surface area contributed by atoms with Crippen LogP contribution in [0.4, 0.5) is 0 Å². The lowest BCUT2D eigenvalue weighted by Gasteiger charge is -2.06. The van der Waals surface area contributed by atoms with Gasteiger partial charge in [-0.25, -0.2) is 0 Å². The second-order valence-electron chi connectivity index (χ2n) is 4.79. The summed E-state index contributed by atoms with van der Waals surface area (Å²) >= 11 is 0. The SMILES string of the molecule is CC(C)CCn1ccc(CNC(C)C)n1. The summed E-state index contributed by atoms with van der Waals surface area (Å²) in [7, 11) is 0. The number of hydrogen-bond donors (Lipinski definition) is 1. The normalized spacial score (nSPS) is 11.6. The predicted octanol–water partition coefficient (Wildman–Crippen LogP) is 2.43. The Bertz CT molecular complexity index is 250. The van der Waals surface area contributed by atoms with E-state index in [1.165, 1.54) is 6.42 Å². The maximum absolute atomic E-state index is 4.51. The zero-order valence-corrected chi connectivity index (χ0v) is 10.3. The second kappa shape index (κ2) is 5.91. The molecule has 0 atom stereocenters. The average Bonchev–Trinajstić information content (AvgIpc) is 2.59. The summed E-state index contributed by atoms with van der Waals surface area (Å²) in [4.78, 5) is 0. The Hall–Kier alpha value is -0.830. The third-order valence-corrected chi connectivity index (χ3v) is 2.32. The first kappa shape index (κ1) is 12.2. The van der Waals surface area contributed by atoms with Gasteiger partial charge < -0.3 is 5.32 Å². The topological polar surface area (TPSA) is 29.9 Å². The number of hydrogen-bond acceptors (Lipinski definition) is 2. The Balaban J connectivity index is 2.35. The van der Waals surface area contributed by atoms with Crippen LogP contribution in [-0.4, -0.2) is 15.8 Å². The molecule has 3 nitrogen and oxygen atoms in total. The van der Waals surface area contributed by atoms with E-state index in [0.717, 1.165) is 24.7 Å². The molecule has 1 N–H and O–H groups in total. The summed E-state index contributed by atoms with van der Waals surface area (Å²) in [5.74, 6) is 0.742. The van der Waals surface area contributed by atoms with E-state index in [4.69, 9.17) is 0 Å². The highest BCUT2D eigenvalue weighted by Crippen LogP contribution is 2.03. The molecule has 3 heteroatoms. The second-order valence-corrected chi connectivity index (χ2v) is 4.79. The van der Waals surface area contributed by atoms with Gasteiger partial charge >= 0.3 is 0 Å². The standard InChI is InChI=1S/C12H23N3/c1-10(2)5-7-15-8-6-12(14-15)9-13-11(3)4/h6,8,10-11,13H,5,7,9H2,1-4H3. The predicted molar refractivity (Wildman–Crippen MR) is 63.7 cm³/mol. The summed E-state index contributed by atoms with van der Waals surface area (Å²) in [5.41, 5.74) is 1.13. The van der Waals surface area contributed by atoms with Crippen LogP contribution in [0.3, 0.4) is 0 Å². The highest BCUT2D eigenvalue weighted by Gasteiger charge is 2.01. The molecule has 1 rings (SSSR count). The zero-order chi connectivity index (χ0) is 11.3. The fourth-order valence-corrected chi connectivity index (χ4v) is 1.32. The van der Waals surface area contributed by atoms with E-state index in [-0.39, 0.29) is 0 Å². The molecule has 0 unspecified atom stereocenters. The minimum Gasteiger partial charge on any atom is -0.309 e. The van der Waals surface area contributed by atoms with Crippen molar-refractivity contribution in [3.63, 3.8) is 0 Å². The highest BCUT2D eigenvalue weighted by molar-refractivity contribution is 4.98. The molecular formula is C12H23N3. The summed E-state index contributed by atoms with van der Waals surface area (Å²) in [6, 6.07) is 2.61. The Morgan fingerprint density at radius 3 is 2.67 bits per heavy atom. The van der Waals surface area contributed by atoms with Crippen molar-refractivity contribution < 1.29 is 0 Å². The van der Waals surface area contributed by atoms with Crippen LogP contribution >= 0.6 is 0 Å². The van der Waals surface area contributed by atoms with Crippen molar-refractivity contribution in [3.05, 3.63) is 18.0 Å². The maximum atomic E-state index is 4.51. The molecule has 0 aliphatic carbocycles. The van der Waals surface area contributed by atoms with Crippen LogP contribution in [0.2, 0.25) is 0 Å². The van der Waals surface area contributed by atoms with Gasteiger partial charge in [-0.2, -0.15) is 5.10 Å². The third kappa shape index (κ3) is 4.98. The highest BCUT2D eigenvalue weighted by atomic mass is 15.3. The summed E-state index contributed by atoms with van der Waals surface area (Å²) < 4.78 is 2.04. The number of rotatable bonds is 6. The van der Waals surface area contributed by atoms with E-state index >= 15 is 0 Å². The van der Waals surface area contributed by atoms with Crippen LogP contribution in [0, 0.1) is 5.92 Å². The lowest BCUT2D eigenvalue weighted by molar-refractivity contribution is 0.481. The van der Waals surface area contributed by atoms with Crippen LogP contribution in [0.25, 0.3) is 0 Å². The van der Waals surface area contributed by atoms with Crippen molar-refractivity contribution >= 4 is 0 Å². The van der Waals surface area contributed by atoms with Crippen molar-refractivity contribution in [3.8, 4) is 0 Å². The zero-order valence-electron chi connectivity index (χ0n) is 10.3. The minimum atomic E-state index is 0.519. The molecule has 0 amide bonds. The lowest BCUT2D eigenvalue weighted by atomic mass is 10.1. The van der Waals surface area contributed by atoms with E-state index in [9.17, 15) is 0 Å². The quantitative estimate of drug-likeness (QED) is 0.780. The van der Waals surface area contributed by atoms with Crippen LogP contribution in [-0.2, 0) is 13.1 Å². The molecule has 0 fully saturated rings.